The highest BCUT2D eigenvalue weighted by atomic mass is 35.5. The molecule has 1 atom stereocenters. The van der Waals surface area contributed by atoms with Crippen molar-refractivity contribution in [1.29, 1.82) is 0 Å². The Morgan fingerprint density at radius 3 is 2.41 bits per heavy atom. The van der Waals surface area contributed by atoms with Crippen molar-refractivity contribution in [3.63, 3.8) is 0 Å². The number of para-hydroxylation sites is 1. The maximum absolute atomic E-state index is 11.5. The van der Waals surface area contributed by atoms with E-state index < -0.39 is 9.84 Å². The number of sulfone groups is 1. The second-order valence-corrected chi connectivity index (χ2v) is 9.05. The van der Waals surface area contributed by atoms with Crippen LogP contribution >= 0.6 is 11.6 Å². The minimum atomic E-state index is -3.17. The molecule has 158 valence electrons. The summed E-state index contributed by atoms with van der Waals surface area (Å²) in [5.41, 5.74) is 1.05. The van der Waals surface area contributed by atoms with Crippen LogP contribution in [0.3, 0.4) is 0 Å². The summed E-state index contributed by atoms with van der Waals surface area (Å²) >= 11 is 6.16. The van der Waals surface area contributed by atoms with E-state index in [4.69, 9.17) is 16.3 Å². The van der Waals surface area contributed by atoms with Crippen molar-refractivity contribution in [2.45, 2.75) is 30.8 Å². The van der Waals surface area contributed by atoms with Gasteiger partial charge in [0.05, 0.1) is 16.5 Å². The Balaban J connectivity index is 1.80. The van der Waals surface area contributed by atoms with Gasteiger partial charge in [-0.05, 0) is 42.7 Å². The number of nitrogens with zero attached hydrogens (tertiary/aromatic N) is 1. The van der Waals surface area contributed by atoms with Crippen LogP contribution in [0, 0.1) is 0 Å². The summed E-state index contributed by atoms with van der Waals surface area (Å²) in [6.07, 6.45) is 2.73. The van der Waals surface area contributed by atoms with Gasteiger partial charge in [-0.1, -0.05) is 42.8 Å². The molecule has 2 aromatic rings. The van der Waals surface area contributed by atoms with Gasteiger partial charge in [-0.25, -0.2) is 8.42 Å². The van der Waals surface area contributed by atoms with Crippen molar-refractivity contribution < 1.29 is 13.2 Å². The Morgan fingerprint density at radius 2 is 1.83 bits per heavy atom. The van der Waals surface area contributed by atoms with Gasteiger partial charge in [0, 0.05) is 19.8 Å². The number of hydrogen-bond acceptors (Lipinski definition) is 4. The van der Waals surface area contributed by atoms with Gasteiger partial charge in [-0.3, -0.25) is 4.99 Å². The summed E-state index contributed by atoms with van der Waals surface area (Å²) in [7, 11) is -1.45. The standard InChI is InChI=1S/C21H28ClN3O3S/c1-4-17(28-20-8-6-5-7-19(20)22)15-25-21(23-2)24-14-13-16-9-11-18(12-10-16)29(3,26)27/h5-12,17H,4,13-15H2,1-3H3,(H2,23,24,25). The normalized spacial score (nSPS) is 13.0. The Kier molecular flexibility index (Phi) is 8.79. The molecule has 0 radical (unpaired) electrons. The van der Waals surface area contributed by atoms with Gasteiger partial charge in [0.15, 0.2) is 15.8 Å². The lowest BCUT2D eigenvalue weighted by atomic mass is 10.1. The van der Waals surface area contributed by atoms with E-state index in [1.165, 1.54) is 6.26 Å². The smallest absolute Gasteiger partial charge is 0.191 e. The Morgan fingerprint density at radius 1 is 1.14 bits per heavy atom. The molecule has 0 aliphatic heterocycles. The van der Waals surface area contributed by atoms with Crippen LogP contribution in [0.4, 0.5) is 0 Å². The molecule has 0 heterocycles. The highest BCUT2D eigenvalue weighted by Crippen LogP contribution is 2.24. The predicted molar refractivity (Wildman–Crippen MR) is 119 cm³/mol. The molecule has 6 nitrogen and oxygen atoms in total. The van der Waals surface area contributed by atoms with Crippen LogP contribution < -0.4 is 15.4 Å². The summed E-state index contributed by atoms with van der Waals surface area (Å²) in [4.78, 5) is 4.56. The van der Waals surface area contributed by atoms with Crippen molar-refractivity contribution in [3.8, 4) is 5.75 Å². The largest absolute Gasteiger partial charge is 0.487 e. The van der Waals surface area contributed by atoms with Crippen LogP contribution in [0.15, 0.2) is 58.4 Å². The molecular formula is C21H28ClN3O3S. The lowest BCUT2D eigenvalue weighted by Crippen LogP contribution is -2.43. The molecule has 0 fully saturated rings. The third-order valence-electron chi connectivity index (χ3n) is 4.36. The fraction of sp³-hybridized carbons (Fsp3) is 0.381. The first kappa shape index (κ1) is 23.0. The molecule has 2 aromatic carbocycles. The zero-order chi connectivity index (χ0) is 21.3. The molecule has 0 bridgehead atoms. The van der Waals surface area contributed by atoms with Gasteiger partial charge >= 0.3 is 0 Å². The molecule has 0 spiro atoms. The van der Waals surface area contributed by atoms with E-state index in [-0.39, 0.29) is 6.10 Å². The molecule has 8 heteroatoms. The minimum Gasteiger partial charge on any atom is -0.487 e. The van der Waals surface area contributed by atoms with Crippen molar-refractivity contribution in [3.05, 3.63) is 59.1 Å². The van der Waals surface area contributed by atoms with Crippen LogP contribution in [-0.4, -0.2) is 46.9 Å². The SMILES string of the molecule is CCC(CNC(=NC)NCCc1ccc(S(C)(=O)=O)cc1)Oc1ccccc1Cl. The quantitative estimate of drug-likeness (QED) is 0.464. The maximum atomic E-state index is 11.5. The zero-order valence-corrected chi connectivity index (χ0v) is 18.6. The third kappa shape index (κ3) is 7.59. The molecule has 1 unspecified atom stereocenters. The molecular weight excluding hydrogens is 410 g/mol. The summed E-state index contributed by atoms with van der Waals surface area (Å²) in [6, 6.07) is 14.4. The van der Waals surface area contributed by atoms with Gasteiger partial charge in [0.1, 0.15) is 11.9 Å². The highest BCUT2D eigenvalue weighted by Gasteiger charge is 2.11. The number of nitrogens with one attached hydrogen (secondary N) is 2. The number of ether oxygens (including phenoxy) is 1. The summed E-state index contributed by atoms with van der Waals surface area (Å²) < 4.78 is 29.0. The predicted octanol–water partition coefficient (Wildman–Crippen LogP) is 3.31. The fourth-order valence-corrected chi connectivity index (χ4v) is 3.46. The lowest BCUT2D eigenvalue weighted by Gasteiger charge is -2.20. The van der Waals surface area contributed by atoms with E-state index in [1.807, 2.05) is 30.3 Å². The Bertz CT molecular complexity index is 915. The summed E-state index contributed by atoms with van der Waals surface area (Å²) in [6.45, 7) is 3.31. The number of aliphatic imine (C=N–C) groups is 1. The van der Waals surface area contributed by atoms with Gasteiger partial charge in [0.25, 0.3) is 0 Å². The molecule has 0 aromatic heterocycles. The summed E-state index contributed by atoms with van der Waals surface area (Å²) in [5, 5.41) is 7.12. The second kappa shape index (κ2) is 11.1. The Labute approximate surface area is 178 Å². The molecule has 0 aliphatic rings. The van der Waals surface area contributed by atoms with Gasteiger partial charge in [-0.2, -0.15) is 0 Å². The monoisotopic (exact) mass is 437 g/mol. The average molecular weight is 438 g/mol. The van der Waals surface area contributed by atoms with Gasteiger partial charge in [0.2, 0.25) is 0 Å². The molecule has 2 N–H and O–H groups in total. The summed E-state index contributed by atoms with van der Waals surface area (Å²) in [5.74, 6) is 1.35. The van der Waals surface area contributed by atoms with Crippen molar-refractivity contribution in [2.24, 2.45) is 4.99 Å². The van der Waals surface area contributed by atoms with E-state index >= 15 is 0 Å². The van der Waals surface area contributed by atoms with E-state index in [1.54, 1.807) is 25.2 Å². The zero-order valence-electron chi connectivity index (χ0n) is 17.0. The fourth-order valence-electron chi connectivity index (χ4n) is 2.65. The van der Waals surface area contributed by atoms with Crippen LogP contribution in [-0.2, 0) is 16.3 Å². The Hall–Kier alpha value is -2.25. The molecule has 0 aliphatic carbocycles. The maximum Gasteiger partial charge on any atom is 0.191 e. The van der Waals surface area contributed by atoms with E-state index in [9.17, 15) is 8.42 Å². The number of guanidine groups is 1. The first-order valence-corrected chi connectivity index (χ1v) is 11.7. The van der Waals surface area contributed by atoms with Crippen molar-refractivity contribution >= 4 is 27.4 Å². The first-order valence-electron chi connectivity index (χ1n) is 9.48. The van der Waals surface area contributed by atoms with E-state index in [0.717, 1.165) is 18.4 Å². The lowest BCUT2D eigenvalue weighted by molar-refractivity contribution is 0.199. The molecule has 0 amide bonds. The average Bonchev–Trinajstić information content (AvgIpc) is 2.70. The van der Waals surface area contributed by atoms with Crippen molar-refractivity contribution in [2.75, 3.05) is 26.4 Å². The third-order valence-corrected chi connectivity index (χ3v) is 5.80. The van der Waals surface area contributed by atoms with Crippen molar-refractivity contribution in [1.82, 2.24) is 10.6 Å². The van der Waals surface area contributed by atoms with Gasteiger partial charge in [-0.15, -0.1) is 0 Å². The van der Waals surface area contributed by atoms with E-state index in [0.29, 0.717) is 34.7 Å². The van der Waals surface area contributed by atoms with Crippen LogP contribution in [0.1, 0.15) is 18.9 Å². The number of hydrogen-bond donors (Lipinski definition) is 2. The van der Waals surface area contributed by atoms with Crippen LogP contribution in [0.2, 0.25) is 5.02 Å². The molecule has 2 rings (SSSR count). The highest BCUT2D eigenvalue weighted by molar-refractivity contribution is 7.90. The number of rotatable bonds is 9. The van der Waals surface area contributed by atoms with Crippen LogP contribution in [0.5, 0.6) is 5.75 Å². The first-order chi connectivity index (χ1) is 13.8. The van der Waals surface area contributed by atoms with E-state index in [2.05, 4.69) is 22.5 Å². The van der Waals surface area contributed by atoms with Gasteiger partial charge < -0.3 is 15.4 Å². The number of halogens is 1. The van der Waals surface area contributed by atoms with Crippen LogP contribution in [0.25, 0.3) is 0 Å². The second-order valence-electron chi connectivity index (χ2n) is 6.62. The molecule has 29 heavy (non-hydrogen) atoms. The molecule has 0 saturated heterocycles. The number of benzene rings is 2. The molecule has 0 saturated carbocycles. The minimum absolute atomic E-state index is 0.0445. The topological polar surface area (TPSA) is 79.8 Å².